The number of anilines is 1. The largest absolute Gasteiger partial charge is 0.497 e. The molecule has 21 heavy (non-hydrogen) atoms. The number of aliphatic imine (C=N–C) groups is 1. The van der Waals surface area contributed by atoms with Crippen molar-refractivity contribution in [3.05, 3.63) is 30.5 Å². The van der Waals surface area contributed by atoms with E-state index in [1.54, 1.807) is 26.5 Å². The van der Waals surface area contributed by atoms with Gasteiger partial charge in [0.1, 0.15) is 17.6 Å². The Morgan fingerprint density at radius 2 is 2.29 bits per heavy atom. The van der Waals surface area contributed by atoms with Crippen LogP contribution < -0.4 is 20.5 Å². The molecular weight excluding hydrogens is 270 g/mol. The second-order valence-corrected chi connectivity index (χ2v) is 4.62. The summed E-state index contributed by atoms with van der Waals surface area (Å²) in [5.41, 5.74) is 6.62. The monoisotopic (exact) mass is 291 g/mol. The van der Waals surface area contributed by atoms with Crippen LogP contribution in [0.5, 0.6) is 11.5 Å². The van der Waals surface area contributed by atoms with Gasteiger partial charge >= 0.3 is 0 Å². The summed E-state index contributed by atoms with van der Waals surface area (Å²) in [6.45, 7) is 0.523. The lowest BCUT2D eigenvalue weighted by atomic mass is 10.2. The smallest absolute Gasteiger partial charge is 0.193 e. The van der Waals surface area contributed by atoms with E-state index in [0.717, 1.165) is 12.8 Å². The maximum absolute atomic E-state index is 5.91. The van der Waals surface area contributed by atoms with Crippen molar-refractivity contribution in [3.63, 3.8) is 0 Å². The van der Waals surface area contributed by atoms with Gasteiger partial charge in [-0.15, -0.1) is 0 Å². The standard InChI is InChI=1S/C15H21N3O3/c1-19-11-6-7-14(20-2)13(9-11)18-15(16)17-10-12-5-3-4-8-21-12/h4,6-9,12H,3,5,10H2,1-2H3,(H3,16,17,18). The molecule has 0 aromatic heterocycles. The van der Waals surface area contributed by atoms with Gasteiger partial charge in [-0.2, -0.15) is 0 Å². The number of rotatable bonds is 5. The minimum Gasteiger partial charge on any atom is -0.497 e. The molecule has 3 N–H and O–H groups in total. The minimum absolute atomic E-state index is 0.0857. The van der Waals surface area contributed by atoms with Gasteiger partial charge < -0.3 is 25.3 Å². The van der Waals surface area contributed by atoms with Crippen LogP contribution in [0.2, 0.25) is 0 Å². The summed E-state index contributed by atoms with van der Waals surface area (Å²) in [6, 6.07) is 5.43. The van der Waals surface area contributed by atoms with Gasteiger partial charge in [-0.3, -0.25) is 0 Å². The summed E-state index contributed by atoms with van der Waals surface area (Å²) >= 11 is 0. The molecule has 1 atom stereocenters. The van der Waals surface area contributed by atoms with Gasteiger partial charge in [-0.25, -0.2) is 4.99 Å². The molecule has 6 heteroatoms. The van der Waals surface area contributed by atoms with E-state index in [1.807, 2.05) is 18.2 Å². The number of hydrogen-bond acceptors (Lipinski definition) is 4. The van der Waals surface area contributed by atoms with E-state index in [0.29, 0.717) is 29.7 Å². The summed E-state index contributed by atoms with van der Waals surface area (Å²) in [7, 11) is 3.21. The van der Waals surface area contributed by atoms with E-state index in [4.69, 9.17) is 19.9 Å². The fraction of sp³-hybridized carbons (Fsp3) is 0.400. The maximum atomic E-state index is 5.91. The predicted molar refractivity (Wildman–Crippen MR) is 82.9 cm³/mol. The Labute approximate surface area is 124 Å². The highest BCUT2D eigenvalue weighted by molar-refractivity contribution is 5.94. The van der Waals surface area contributed by atoms with Crippen LogP contribution in [0.3, 0.4) is 0 Å². The number of guanidine groups is 1. The molecule has 1 aliphatic heterocycles. The van der Waals surface area contributed by atoms with Gasteiger partial charge in [0.15, 0.2) is 5.96 Å². The second kappa shape index (κ2) is 7.42. The zero-order valence-corrected chi connectivity index (χ0v) is 12.3. The number of ether oxygens (including phenoxy) is 3. The van der Waals surface area contributed by atoms with E-state index in [-0.39, 0.29) is 6.10 Å². The highest BCUT2D eigenvalue weighted by Crippen LogP contribution is 2.28. The third-order valence-electron chi connectivity index (χ3n) is 3.16. The highest BCUT2D eigenvalue weighted by atomic mass is 16.5. The number of nitrogens with zero attached hydrogens (tertiary/aromatic N) is 1. The first-order valence-corrected chi connectivity index (χ1v) is 6.82. The zero-order chi connectivity index (χ0) is 15.1. The van der Waals surface area contributed by atoms with E-state index >= 15 is 0 Å². The molecule has 0 bridgehead atoms. The van der Waals surface area contributed by atoms with Crippen LogP contribution in [0, 0.1) is 0 Å². The molecule has 1 aromatic carbocycles. The summed E-state index contributed by atoms with van der Waals surface area (Å²) < 4.78 is 15.9. The van der Waals surface area contributed by atoms with Gasteiger partial charge in [0, 0.05) is 6.07 Å². The topological polar surface area (TPSA) is 78.1 Å². The van der Waals surface area contributed by atoms with Crippen LogP contribution in [0.1, 0.15) is 12.8 Å². The van der Waals surface area contributed by atoms with Crippen LogP contribution >= 0.6 is 0 Å². The van der Waals surface area contributed by atoms with Crippen molar-refractivity contribution in [1.82, 2.24) is 0 Å². The van der Waals surface area contributed by atoms with Crippen LogP contribution in [-0.4, -0.2) is 32.8 Å². The number of nitrogens with one attached hydrogen (secondary N) is 1. The lowest BCUT2D eigenvalue weighted by Crippen LogP contribution is -2.26. The van der Waals surface area contributed by atoms with Crippen LogP contribution in [0.25, 0.3) is 0 Å². The Bertz CT molecular complexity index is 529. The van der Waals surface area contributed by atoms with E-state index in [9.17, 15) is 0 Å². The molecule has 0 amide bonds. The quantitative estimate of drug-likeness (QED) is 0.642. The number of allylic oxidation sites excluding steroid dienone is 1. The molecule has 114 valence electrons. The minimum atomic E-state index is 0.0857. The van der Waals surface area contributed by atoms with Crippen molar-refractivity contribution in [2.45, 2.75) is 18.9 Å². The summed E-state index contributed by atoms with van der Waals surface area (Å²) in [5.74, 6) is 1.71. The van der Waals surface area contributed by atoms with E-state index in [1.165, 1.54) is 0 Å². The maximum Gasteiger partial charge on any atom is 0.193 e. The zero-order valence-electron chi connectivity index (χ0n) is 12.3. The molecule has 0 saturated heterocycles. The average Bonchev–Trinajstić information content (AvgIpc) is 2.54. The number of benzene rings is 1. The molecule has 1 heterocycles. The summed E-state index contributed by atoms with van der Waals surface area (Å²) in [5, 5.41) is 3.02. The number of nitrogens with two attached hydrogens (primary N) is 1. The molecule has 1 aromatic rings. The van der Waals surface area contributed by atoms with Crippen molar-refractivity contribution < 1.29 is 14.2 Å². The molecule has 1 unspecified atom stereocenters. The van der Waals surface area contributed by atoms with Crippen LogP contribution in [0.4, 0.5) is 5.69 Å². The third-order valence-corrected chi connectivity index (χ3v) is 3.16. The molecule has 2 rings (SSSR count). The Kier molecular flexibility index (Phi) is 5.31. The van der Waals surface area contributed by atoms with Crippen molar-refractivity contribution >= 4 is 11.6 Å². The molecule has 0 radical (unpaired) electrons. The fourth-order valence-electron chi connectivity index (χ4n) is 2.01. The lowest BCUT2D eigenvalue weighted by molar-refractivity contribution is 0.131. The Morgan fingerprint density at radius 1 is 1.43 bits per heavy atom. The first-order valence-electron chi connectivity index (χ1n) is 6.82. The first kappa shape index (κ1) is 15.0. The second-order valence-electron chi connectivity index (χ2n) is 4.62. The molecular formula is C15H21N3O3. The van der Waals surface area contributed by atoms with Gasteiger partial charge in [-0.1, -0.05) is 0 Å². The van der Waals surface area contributed by atoms with Gasteiger partial charge in [0.05, 0.1) is 32.7 Å². The summed E-state index contributed by atoms with van der Waals surface area (Å²) in [4.78, 5) is 4.30. The van der Waals surface area contributed by atoms with Crippen molar-refractivity contribution in [3.8, 4) is 11.5 Å². The van der Waals surface area contributed by atoms with Gasteiger partial charge in [0.25, 0.3) is 0 Å². The van der Waals surface area contributed by atoms with Crippen molar-refractivity contribution in [2.75, 3.05) is 26.1 Å². The van der Waals surface area contributed by atoms with Gasteiger partial charge in [0.2, 0.25) is 0 Å². The SMILES string of the molecule is COc1ccc(OC)c(NC(N)=NCC2CCC=CO2)c1. The van der Waals surface area contributed by atoms with Crippen molar-refractivity contribution in [1.29, 1.82) is 0 Å². The highest BCUT2D eigenvalue weighted by Gasteiger charge is 2.11. The number of hydrogen-bond donors (Lipinski definition) is 2. The van der Waals surface area contributed by atoms with E-state index < -0.39 is 0 Å². The van der Waals surface area contributed by atoms with Crippen LogP contribution in [0.15, 0.2) is 35.5 Å². The Hall–Kier alpha value is -2.37. The third kappa shape index (κ3) is 4.30. The fourth-order valence-corrected chi connectivity index (χ4v) is 2.01. The van der Waals surface area contributed by atoms with Crippen LogP contribution in [-0.2, 0) is 4.74 Å². The van der Waals surface area contributed by atoms with Gasteiger partial charge in [-0.05, 0) is 31.1 Å². The molecule has 1 aliphatic rings. The molecule has 0 fully saturated rings. The first-order chi connectivity index (χ1) is 10.2. The predicted octanol–water partition coefficient (Wildman–Crippen LogP) is 2.12. The molecule has 0 spiro atoms. The average molecular weight is 291 g/mol. The Morgan fingerprint density at radius 3 is 2.95 bits per heavy atom. The molecule has 0 saturated carbocycles. The van der Waals surface area contributed by atoms with Crippen molar-refractivity contribution in [2.24, 2.45) is 10.7 Å². The Balaban J connectivity index is 2.00. The lowest BCUT2D eigenvalue weighted by Gasteiger charge is -2.17. The van der Waals surface area contributed by atoms with E-state index in [2.05, 4.69) is 10.3 Å². The number of methoxy groups -OCH3 is 2. The molecule has 6 nitrogen and oxygen atoms in total. The summed E-state index contributed by atoms with van der Waals surface area (Å²) in [6.07, 6.45) is 5.77. The molecule has 0 aliphatic carbocycles. The normalized spacial score (nSPS) is 18.0.